The summed E-state index contributed by atoms with van der Waals surface area (Å²) in [5.74, 6) is 1.05. The van der Waals surface area contributed by atoms with Gasteiger partial charge in [0.25, 0.3) is 0 Å². The number of hydrogen-bond donors (Lipinski definition) is 3. The van der Waals surface area contributed by atoms with E-state index in [1.807, 2.05) is 6.92 Å². The summed E-state index contributed by atoms with van der Waals surface area (Å²) in [6.45, 7) is 6.45. The normalized spacial score (nSPS) is 59.2. The molecule has 0 aromatic carbocycles. The third-order valence-electron chi connectivity index (χ3n) is 9.55. The maximum absolute atomic E-state index is 14.4. The molecule has 0 radical (unpaired) electrons. The number of aliphatic hydroxyl groups excluding tert-OH is 3. The van der Waals surface area contributed by atoms with Crippen LogP contribution in [0.1, 0.15) is 72.1 Å². The van der Waals surface area contributed by atoms with E-state index in [0.29, 0.717) is 31.1 Å². The van der Waals surface area contributed by atoms with Crippen LogP contribution < -0.4 is 0 Å². The van der Waals surface area contributed by atoms with Gasteiger partial charge in [-0.2, -0.15) is 0 Å². The van der Waals surface area contributed by atoms with Crippen LogP contribution in [0.25, 0.3) is 0 Å². The molecular formula is C21H35FO3. The van der Waals surface area contributed by atoms with Crippen LogP contribution in [-0.2, 0) is 0 Å². The predicted octanol–water partition coefficient (Wildman–Crippen LogP) is 3.45. The molecule has 0 aromatic rings. The van der Waals surface area contributed by atoms with E-state index in [1.54, 1.807) is 0 Å². The molecule has 10 atom stereocenters. The van der Waals surface area contributed by atoms with Gasteiger partial charge in [-0.15, -0.1) is 0 Å². The van der Waals surface area contributed by atoms with Gasteiger partial charge in [-0.25, -0.2) is 4.39 Å². The number of aliphatic hydroxyl groups is 3. The van der Waals surface area contributed by atoms with Crippen molar-refractivity contribution in [2.24, 2.45) is 34.0 Å². The van der Waals surface area contributed by atoms with E-state index in [4.69, 9.17) is 0 Å². The third-order valence-corrected chi connectivity index (χ3v) is 9.55. The molecule has 0 aliphatic heterocycles. The molecule has 4 rings (SSSR count). The van der Waals surface area contributed by atoms with Crippen molar-refractivity contribution < 1.29 is 19.7 Å². The summed E-state index contributed by atoms with van der Waals surface area (Å²) < 4.78 is 14.4. The summed E-state index contributed by atoms with van der Waals surface area (Å²) >= 11 is 0. The molecule has 0 amide bonds. The minimum atomic E-state index is -1.11. The Labute approximate surface area is 151 Å². The largest absolute Gasteiger partial charge is 0.393 e. The zero-order valence-electron chi connectivity index (χ0n) is 15.9. The molecule has 0 bridgehead atoms. The number of rotatable bonds is 2. The Balaban J connectivity index is 1.75. The zero-order valence-corrected chi connectivity index (χ0v) is 15.9. The van der Waals surface area contributed by atoms with E-state index < -0.39 is 18.4 Å². The molecule has 144 valence electrons. The maximum atomic E-state index is 14.4. The first-order valence-corrected chi connectivity index (χ1v) is 10.4. The molecule has 0 saturated heterocycles. The minimum Gasteiger partial charge on any atom is -0.393 e. The van der Waals surface area contributed by atoms with E-state index >= 15 is 0 Å². The maximum Gasteiger partial charge on any atom is 0.127 e. The first-order valence-electron chi connectivity index (χ1n) is 10.4. The molecule has 25 heavy (non-hydrogen) atoms. The molecule has 4 fully saturated rings. The van der Waals surface area contributed by atoms with Crippen LogP contribution in [0, 0.1) is 34.0 Å². The van der Waals surface area contributed by atoms with Crippen LogP contribution in [0.2, 0.25) is 0 Å². The number of alkyl halides is 1. The van der Waals surface area contributed by atoms with Gasteiger partial charge < -0.3 is 15.3 Å². The van der Waals surface area contributed by atoms with Crippen LogP contribution in [0.3, 0.4) is 0 Å². The van der Waals surface area contributed by atoms with E-state index in [9.17, 15) is 19.7 Å². The average molecular weight is 355 g/mol. The van der Waals surface area contributed by atoms with Crippen molar-refractivity contribution in [2.45, 2.75) is 96.6 Å². The van der Waals surface area contributed by atoms with Gasteiger partial charge in [-0.05, 0) is 80.0 Å². The van der Waals surface area contributed by atoms with Crippen LogP contribution in [0.5, 0.6) is 0 Å². The molecule has 0 heterocycles. The zero-order chi connectivity index (χ0) is 18.2. The smallest absolute Gasteiger partial charge is 0.127 e. The fourth-order valence-corrected chi connectivity index (χ4v) is 8.11. The lowest BCUT2D eigenvalue weighted by molar-refractivity contribution is -0.130. The van der Waals surface area contributed by atoms with Crippen molar-refractivity contribution in [1.29, 1.82) is 0 Å². The SMILES string of the molecule is CC[C@@H](O)[C@@]12C[C@@H](O)CC[C@]1(C)[C@H]1CC[C@]3(C)[C@@H](O)[C@H](F)C[C@H]3[C@@H]1C2. The third kappa shape index (κ3) is 2.14. The molecule has 3 nitrogen and oxygen atoms in total. The van der Waals surface area contributed by atoms with E-state index in [1.165, 1.54) is 0 Å². The molecule has 0 aromatic heterocycles. The van der Waals surface area contributed by atoms with Crippen LogP contribution in [0.15, 0.2) is 0 Å². The summed E-state index contributed by atoms with van der Waals surface area (Å²) in [7, 11) is 0. The number of hydrogen-bond acceptors (Lipinski definition) is 3. The second-order valence-corrected chi connectivity index (χ2v) is 10.2. The van der Waals surface area contributed by atoms with Gasteiger partial charge in [-0.3, -0.25) is 0 Å². The molecule has 4 heteroatoms. The highest BCUT2D eigenvalue weighted by Crippen LogP contribution is 2.74. The van der Waals surface area contributed by atoms with Crippen molar-refractivity contribution in [2.75, 3.05) is 0 Å². The summed E-state index contributed by atoms with van der Waals surface area (Å²) in [4.78, 5) is 0. The van der Waals surface area contributed by atoms with Crippen LogP contribution >= 0.6 is 0 Å². The van der Waals surface area contributed by atoms with Gasteiger partial charge in [0.15, 0.2) is 0 Å². The Hall–Kier alpha value is -0.190. The Bertz CT molecular complexity index is 541. The molecule has 0 spiro atoms. The molecular weight excluding hydrogens is 319 g/mol. The standard InChI is InChI=1S/C21H35FO3/c1-4-17(24)21-10-12(23)5-8-20(21,3)14-6-7-19(2)15(13(14)11-21)9-16(22)18(19)25/h12-18,23-25H,4-11H2,1-3H3/t12-,13+,14-,15-,16+,17+,18-,19-,20+,21-/m0/s1. The minimum absolute atomic E-state index is 0.0208. The van der Waals surface area contributed by atoms with E-state index in [0.717, 1.165) is 32.1 Å². The molecule has 4 aliphatic carbocycles. The average Bonchev–Trinajstić information content (AvgIpc) is 2.98. The Kier molecular flexibility index (Phi) is 4.11. The van der Waals surface area contributed by atoms with E-state index in [2.05, 4.69) is 13.8 Å². The fraction of sp³-hybridized carbons (Fsp3) is 1.00. The van der Waals surface area contributed by atoms with Gasteiger partial charge in [0.2, 0.25) is 0 Å². The predicted molar refractivity (Wildman–Crippen MR) is 94.6 cm³/mol. The van der Waals surface area contributed by atoms with Gasteiger partial charge in [0, 0.05) is 5.41 Å². The molecule has 4 saturated carbocycles. The second kappa shape index (κ2) is 5.65. The second-order valence-electron chi connectivity index (χ2n) is 10.2. The van der Waals surface area contributed by atoms with Crippen LogP contribution in [-0.4, -0.2) is 39.8 Å². The van der Waals surface area contributed by atoms with Crippen molar-refractivity contribution in [1.82, 2.24) is 0 Å². The number of halogens is 1. The van der Waals surface area contributed by atoms with Crippen LogP contribution in [0.4, 0.5) is 4.39 Å². The topological polar surface area (TPSA) is 60.7 Å². The monoisotopic (exact) mass is 354 g/mol. The lowest BCUT2D eigenvalue weighted by atomic mass is 9.51. The molecule has 4 aliphatic rings. The van der Waals surface area contributed by atoms with Crippen molar-refractivity contribution in [3.05, 3.63) is 0 Å². The molecule has 0 unspecified atom stereocenters. The Morgan fingerprint density at radius 2 is 1.80 bits per heavy atom. The Morgan fingerprint density at radius 3 is 2.48 bits per heavy atom. The first kappa shape index (κ1) is 18.2. The Morgan fingerprint density at radius 1 is 1.08 bits per heavy atom. The summed E-state index contributed by atoms with van der Waals surface area (Å²) in [6, 6.07) is 0. The highest BCUT2D eigenvalue weighted by molar-refractivity contribution is 5.19. The first-order chi connectivity index (χ1) is 11.7. The quantitative estimate of drug-likeness (QED) is 0.712. The lowest BCUT2D eigenvalue weighted by Crippen LogP contribution is -2.52. The fourth-order valence-electron chi connectivity index (χ4n) is 8.11. The van der Waals surface area contributed by atoms with Gasteiger partial charge >= 0.3 is 0 Å². The van der Waals surface area contributed by atoms with E-state index in [-0.39, 0.29) is 28.3 Å². The van der Waals surface area contributed by atoms with Crippen molar-refractivity contribution >= 4 is 0 Å². The van der Waals surface area contributed by atoms with Crippen molar-refractivity contribution in [3.8, 4) is 0 Å². The summed E-state index contributed by atoms with van der Waals surface area (Å²) in [5.41, 5.74) is -0.548. The number of fused-ring (bicyclic) bond motifs is 5. The highest BCUT2D eigenvalue weighted by Gasteiger charge is 2.70. The van der Waals surface area contributed by atoms with Gasteiger partial charge in [0.1, 0.15) is 6.17 Å². The summed E-state index contributed by atoms with van der Waals surface area (Å²) in [6.07, 6.45) is 3.73. The lowest BCUT2D eigenvalue weighted by Gasteiger charge is -2.55. The van der Waals surface area contributed by atoms with Gasteiger partial charge in [-0.1, -0.05) is 20.8 Å². The summed E-state index contributed by atoms with van der Waals surface area (Å²) in [5, 5.41) is 32.0. The molecule has 3 N–H and O–H groups in total. The highest BCUT2D eigenvalue weighted by atomic mass is 19.1. The van der Waals surface area contributed by atoms with Gasteiger partial charge in [0.05, 0.1) is 18.3 Å². The van der Waals surface area contributed by atoms with Crippen molar-refractivity contribution in [3.63, 3.8) is 0 Å².